The van der Waals surface area contributed by atoms with Crippen LogP contribution in [-0.4, -0.2) is 41.1 Å². The molecule has 0 saturated carbocycles. The van der Waals surface area contributed by atoms with Gasteiger partial charge in [-0.15, -0.1) is 0 Å². The van der Waals surface area contributed by atoms with Crippen LogP contribution in [-0.2, 0) is 20.9 Å². The topological polar surface area (TPSA) is 102 Å². The first kappa shape index (κ1) is 28.8. The minimum absolute atomic E-state index is 0.0627. The van der Waals surface area contributed by atoms with Crippen molar-refractivity contribution >= 4 is 58.1 Å². The van der Waals surface area contributed by atoms with Gasteiger partial charge in [0.1, 0.15) is 24.7 Å². The van der Waals surface area contributed by atoms with Gasteiger partial charge in [-0.25, -0.2) is 9.18 Å². The van der Waals surface area contributed by atoms with E-state index in [0.29, 0.717) is 23.3 Å². The highest BCUT2D eigenvalue weighted by atomic mass is 35.5. The number of halogens is 2. The Bertz CT molecular complexity index is 1480. The Morgan fingerprint density at radius 2 is 1.82 bits per heavy atom. The van der Waals surface area contributed by atoms with E-state index in [1.807, 2.05) is 6.92 Å². The van der Waals surface area contributed by atoms with Gasteiger partial charge in [0.15, 0.2) is 0 Å². The molecule has 11 heteroatoms. The molecule has 4 rings (SSSR count). The summed E-state index contributed by atoms with van der Waals surface area (Å²) in [5.74, 6) is -1.70. The summed E-state index contributed by atoms with van der Waals surface area (Å²) in [4.78, 5) is 51.1. The van der Waals surface area contributed by atoms with Crippen molar-refractivity contribution in [1.29, 1.82) is 0 Å². The van der Waals surface area contributed by atoms with E-state index >= 15 is 0 Å². The molecule has 0 unspecified atom stereocenters. The molecule has 1 aliphatic rings. The highest BCUT2D eigenvalue weighted by Crippen LogP contribution is 2.32. The molecule has 40 heavy (non-hydrogen) atoms. The summed E-state index contributed by atoms with van der Waals surface area (Å²) in [6.45, 7) is 1.64. The molecular formula is C29H24ClFN2O6S. The summed E-state index contributed by atoms with van der Waals surface area (Å²) < 4.78 is 24.5. The fourth-order valence-electron chi connectivity index (χ4n) is 3.60. The molecule has 0 radical (unpaired) electrons. The summed E-state index contributed by atoms with van der Waals surface area (Å²) in [6.07, 6.45) is 2.18. The van der Waals surface area contributed by atoms with Gasteiger partial charge >= 0.3 is 5.97 Å². The summed E-state index contributed by atoms with van der Waals surface area (Å²) in [6, 6.07) is 17.4. The second kappa shape index (κ2) is 13.3. The van der Waals surface area contributed by atoms with Crippen LogP contribution < -0.4 is 10.1 Å². The number of imide groups is 1. The third-order valence-corrected chi connectivity index (χ3v) is 6.85. The molecule has 3 aromatic carbocycles. The van der Waals surface area contributed by atoms with Crippen LogP contribution in [0.3, 0.4) is 0 Å². The number of anilines is 1. The number of hydrogen-bond acceptors (Lipinski definition) is 7. The van der Waals surface area contributed by atoms with E-state index in [-0.39, 0.29) is 40.2 Å². The molecule has 0 bridgehead atoms. The summed E-state index contributed by atoms with van der Waals surface area (Å²) >= 11 is 6.80. The van der Waals surface area contributed by atoms with Gasteiger partial charge in [-0.1, -0.05) is 48.9 Å². The number of benzene rings is 3. The largest absolute Gasteiger partial charge is 0.489 e. The maximum absolute atomic E-state index is 13.8. The van der Waals surface area contributed by atoms with Crippen molar-refractivity contribution in [2.24, 2.45) is 0 Å². The maximum Gasteiger partial charge on any atom is 0.339 e. The number of hydrogen-bond donors (Lipinski definition) is 1. The van der Waals surface area contributed by atoms with Crippen molar-refractivity contribution in [3.63, 3.8) is 0 Å². The van der Waals surface area contributed by atoms with E-state index < -0.39 is 29.6 Å². The first-order valence-electron chi connectivity index (χ1n) is 12.2. The fraction of sp³-hybridized carbons (Fsp3) is 0.172. The third-order valence-electron chi connectivity index (χ3n) is 5.61. The van der Waals surface area contributed by atoms with E-state index in [9.17, 15) is 23.6 Å². The highest BCUT2D eigenvalue weighted by molar-refractivity contribution is 8.18. The zero-order valence-corrected chi connectivity index (χ0v) is 22.9. The van der Waals surface area contributed by atoms with Crippen LogP contribution in [0.15, 0.2) is 71.6 Å². The number of esters is 1. The van der Waals surface area contributed by atoms with Crippen molar-refractivity contribution in [2.75, 3.05) is 18.5 Å². The SMILES string of the molecule is CCCOC(=O)c1cc(NC(=O)CN2C(=O)S/C(=C/c3ccc(OCc4ccccc4F)cc3)C2=O)ccc1Cl. The Kier molecular flexibility index (Phi) is 9.57. The standard InChI is InChI=1S/C29H24ClFN2O6S/c1-2-13-38-28(36)22-15-20(9-12-23(22)30)32-26(34)16-33-27(35)25(40-29(33)37)14-18-7-10-21(11-8-18)39-17-19-5-3-4-6-24(19)31/h3-12,14-15H,2,13,16-17H2,1H3,(H,32,34)/b25-14+. The maximum atomic E-state index is 13.8. The lowest BCUT2D eigenvalue weighted by Gasteiger charge is -2.13. The molecule has 0 aliphatic carbocycles. The predicted octanol–water partition coefficient (Wildman–Crippen LogP) is 6.30. The first-order valence-corrected chi connectivity index (χ1v) is 13.4. The number of amides is 3. The van der Waals surface area contributed by atoms with E-state index in [1.165, 1.54) is 30.3 Å². The van der Waals surface area contributed by atoms with Crippen LogP contribution in [0.4, 0.5) is 14.9 Å². The van der Waals surface area contributed by atoms with Crippen molar-refractivity contribution in [3.05, 3.63) is 99.2 Å². The van der Waals surface area contributed by atoms with E-state index in [1.54, 1.807) is 42.5 Å². The number of carbonyl (C=O) groups is 4. The zero-order valence-electron chi connectivity index (χ0n) is 21.3. The second-order valence-corrected chi connectivity index (χ2v) is 10.00. The molecule has 0 spiro atoms. The normalized spacial score (nSPS) is 14.0. The predicted molar refractivity (Wildman–Crippen MR) is 151 cm³/mol. The Hall–Kier alpha value is -4.15. The van der Waals surface area contributed by atoms with Crippen LogP contribution in [0.1, 0.15) is 34.8 Å². The van der Waals surface area contributed by atoms with Gasteiger partial charge in [0, 0.05) is 11.3 Å². The quantitative estimate of drug-likeness (QED) is 0.221. The van der Waals surface area contributed by atoms with E-state index in [2.05, 4.69) is 5.32 Å². The van der Waals surface area contributed by atoms with Gasteiger partial charge in [0.25, 0.3) is 11.1 Å². The second-order valence-electron chi connectivity index (χ2n) is 8.60. The molecular weight excluding hydrogens is 559 g/mol. The molecule has 1 heterocycles. The molecule has 3 aromatic rings. The lowest BCUT2D eigenvalue weighted by molar-refractivity contribution is -0.127. The minimum atomic E-state index is -0.630. The molecule has 0 aromatic heterocycles. The Morgan fingerprint density at radius 3 is 2.55 bits per heavy atom. The van der Waals surface area contributed by atoms with Gasteiger partial charge in [-0.05, 0) is 66.2 Å². The molecule has 0 atom stereocenters. The molecule has 1 aliphatic heterocycles. The van der Waals surface area contributed by atoms with Gasteiger partial charge in [-0.3, -0.25) is 19.3 Å². The van der Waals surface area contributed by atoms with Crippen LogP contribution in [0.5, 0.6) is 5.75 Å². The molecule has 8 nitrogen and oxygen atoms in total. The molecule has 1 saturated heterocycles. The summed E-state index contributed by atoms with van der Waals surface area (Å²) in [7, 11) is 0. The van der Waals surface area contributed by atoms with Crippen molar-refractivity contribution in [1.82, 2.24) is 4.90 Å². The number of ether oxygens (including phenoxy) is 2. The number of rotatable bonds is 10. The highest BCUT2D eigenvalue weighted by Gasteiger charge is 2.36. The molecule has 1 fully saturated rings. The van der Waals surface area contributed by atoms with Gasteiger partial charge in [-0.2, -0.15) is 0 Å². The fourth-order valence-corrected chi connectivity index (χ4v) is 4.63. The molecule has 3 amide bonds. The van der Waals surface area contributed by atoms with Gasteiger partial charge in [0.05, 0.1) is 22.1 Å². The van der Waals surface area contributed by atoms with E-state index in [4.69, 9.17) is 21.1 Å². The van der Waals surface area contributed by atoms with Crippen molar-refractivity contribution < 1.29 is 33.0 Å². The smallest absolute Gasteiger partial charge is 0.339 e. The van der Waals surface area contributed by atoms with Crippen LogP contribution >= 0.6 is 23.4 Å². The third kappa shape index (κ3) is 7.28. The zero-order chi connectivity index (χ0) is 28.6. The Balaban J connectivity index is 1.35. The summed E-state index contributed by atoms with van der Waals surface area (Å²) in [5.41, 5.74) is 1.41. The number of thioether (sulfide) groups is 1. The number of carbonyl (C=O) groups excluding carboxylic acids is 4. The first-order chi connectivity index (χ1) is 19.2. The Morgan fingerprint density at radius 1 is 1.07 bits per heavy atom. The molecule has 1 N–H and O–H groups in total. The minimum Gasteiger partial charge on any atom is -0.489 e. The van der Waals surface area contributed by atoms with Gasteiger partial charge < -0.3 is 14.8 Å². The van der Waals surface area contributed by atoms with Crippen LogP contribution in [0.2, 0.25) is 5.02 Å². The lowest BCUT2D eigenvalue weighted by atomic mass is 10.2. The lowest BCUT2D eigenvalue weighted by Crippen LogP contribution is -2.36. The van der Waals surface area contributed by atoms with Crippen LogP contribution in [0.25, 0.3) is 6.08 Å². The summed E-state index contributed by atoms with van der Waals surface area (Å²) in [5, 5.41) is 2.15. The molecule has 206 valence electrons. The number of nitrogens with one attached hydrogen (secondary N) is 1. The monoisotopic (exact) mass is 582 g/mol. The number of nitrogens with zero attached hydrogens (tertiary/aromatic N) is 1. The van der Waals surface area contributed by atoms with Gasteiger partial charge in [0.2, 0.25) is 5.91 Å². The average molecular weight is 583 g/mol. The van der Waals surface area contributed by atoms with E-state index in [0.717, 1.165) is 16.7 Å². The van der Waals surface area contributed by atoms with Crippen molar-refractivity contribution in [3.8, 4) is 5.75 Å². The average Bonchev–Trinajstić information content (AvgIpc) is 3.20. The van der Waals surface area contributed by atoms with Crippen LogP contribution in [0, 0.1) is 5.82 Å². The Labute approximate surface area is 239 Å². The van der Waals surface area contributed by atoms with Crippen molar-refractivity contribution in [2.45, 2.75) is 20.0 Å².